The highest BCUT2D eigenvalue weighted by Crippen LogP contribution is 2.26. The highest BCUT2D eigenvalue weighted by Gasteiger charge is 2.27. The number of rotatable bonds is 8. The van der Waals surface area contributed by atoms with E-state index < -0.39 is 0 Å². The minimum absolute atomic E-state index is 0.122. The van der Waals surface area contributed by atoms with Crippen LogP contribution in [0.25, 0.3) is 0 Å². The van der Waals surface area contributed by atoms with Gasteiger partial charge >= 0.3 is 0 Å². The Balaban J connectivity index is 1.74. The van der Waals surface area contributed by atoms with Crippen molar-refractivity contribution in [3.63, 3.8) is 0 Å². The smallest absolute Gasteiger partial charge is 0.223 e. The van der Waals surface area contributed by atoms with Crippen molar-refractivity contribution < 1.29 is 9.53 Å². The number of carbonyl (C=O) groups is 1. The van der Waals surface area contributed by atoms with Crippen LogP contribution in [0.15, 0.2) is 24.3 Å². The second-order valence-corrected chi connectivity index (χ2v) is 6.56. The number of nitriles is 1. The summed E-state index contributed by atoms with van der Waals surface area (Å²) in [5.41, 5.74) is 1.91. The normalized spacial score (nSPS) is 17.0. The fourth-order valence-electron chi connectivity index (χ4n) is 3.27. The lowest BCUT2D eigenvalue weighted by molar-refractivity contribution is -0.126. The van der Waals surface area contributed by atoms with Gasteiger partial charge in [0.05, 0.1) is 11.6 Å². The summed E-state index contributed by atoms with van der Waals surface area (Å²) < 4.78 is 5.28. The molecule has 1 heterocycles. The topological polar surface area (TPSA) is 65.4 Å². The number of amides is 1. The Kier molecular flexibility index (Phi) is 7.90. The van der Waals surface area contributed by atoms with Gasteiger partial charge in [0, 0.05) is 31.7 Å². The van der Waals surface area contributed by atoms with Crippen molar-refractivity contribution in [3.8, 4) is 6.07 Å². The molecule has 1 atom stereocenters. The van der Waals surface area contributed by atoms with Crippen molar-refractivity contribution in [2.24, 2.45) is 5.92 Å². The van der Waals surface area contributed by atoms with Crippen LogP contribution in [0.3, 0.4) is 0 Å². The van der Waals surface area contributed by atoms with Crippen molar-refractivity contribution in [2.45, 2.75) is 39.2 Å². The highest BCUT2D eigenvalue weighted by atomic mass is 16.5. The first kappa shape index (κ1) is 19.4. The zero-order valence-corrected chi connectivity index (χ0v) is 15.3. The number of hydrogen-bond donors (Lipinski definition) is 1. The Morgan fingerprint density at radius 3 is 2.64 bits per heavy atom. The lowest BCUT2D eigenvalue weighted by Crippen LogP contribution is -2.41. The van der Waals surface area contributed by atoms with Crippen LogP contribution in [0, 0.1) is 17.2 Å². The third-order valence-electron chi connectivity index (χ3n) is 4.94. The van der Waals surface area contributed by atoms with Gasteiger partial charge in [-0.1, -0.05) is 12.1 Å². The molecule has 1 aromatic rings. The summed E-state index contributed by atoms with van der Waals surface area (Å²) in [5.74, 6) is 0.304. The maximum absolute atomic E-state index is 12.2. The minimum Gasteiger partial charge on any atom is -0.382 e. The average molecular weight is 343 g/mol. The van der Waals surface area contributed by atoms with E-state index in [-0.39, 0.29) is 11.8 Å². The minimum atomic E-state index is 0.122. The predicted molar refractivity (Wildman–Crippen MR) is 98.0 cm³/mol. The average Bonchev–Trinajstić information content (AvgIpc) is 2.67. The summed E-state index contributed by atoms with van der Waals surface area (Å²) in [6.07, 6.45) is 2.67. The standard InChI is InChI=1S/C20H29N3O2/c1-3-25-14-4-11-22-20(24)19-9-12-23(13-10-19)16(2)18-7-5-17(15-21)6-8-18/h5-8,16,19H,3-4,9-14H2,1-2H3,(H,22,24)/t16-/m1/s1. The van der Waals surface area contributed by atoms with Gasteiger partial charge < -0.3 is 10.1 Å². The molecule has 5 heteroatoms. The van der Waals surface area contributed by atoms with E-state index in [2.05, 4.69) is 23.2 Å². The Morgan fingerprint density at radius 1 is 1.36 bits per heavy atom. The Hall–Kier alpha value is -1.90. The van der Waals surface area contributed by atoms with Crippen molar-refractivity contribution >= 4 is 5.91 Å². The number of likely N-dealkylation sites (tertiary alicyclic amines) is 1. The second kappa shape index (κ2) is 10.2. The van der Waals surface area contributed by atoms with Gasteiger partial charge in [-0.25, -0.2) is 0 Å². The zero-order valence-electron chi connectivity index (χ0n) is 15.3. The number of nitrogens with zero attached hydrogens (tertiary/aromatic N) is 2. The van der Waals surface area contributed by atoms with Crippen LogP contribution in [0.4, 0.5) is 0 Å². The van der Waals surface area contributed by atoms with E-state index in [1.807, 2.05) is 31.2 Å². The van der Waals surface area contributed by atoms with E-state index in [1.54, 1.807) is 0 Å². The molecule has 1 aliphatic rings. The van der Waals surface area contributed by atoms with Gasteiger partial charge in [0.25, 0.3) is 0 Å². The summed E-state index contributed by atoms with van der Waals surface area (Å²) in [7, 11) is 0. The van der Waals surface area contributed by atoms with Gasteiger partial charge in [0.15, 0.2) is 0 Å². The molecule has 0 aromatic heterocycles. The molecule has 1 fully saturated rings. The molecule has 0 radical (unpaired) electrons. The number of piperidine rings is 1. The summed E-state index contributed by atoms with van der Waals surface area (Å²) in [4.78, 5) is 14.7. The number of ether oxygens (including phenoxy) is 1. The van der Waals surface area contributed by atoms with Crippen LogP contribution in [0.1, 0.15) is 50.3 Å². The second-order valence-electron chi connectivity index (χ2n) is 6.56. The monoisotopic (exact) mass is 343 g/mol. The summed E-state index contributed by atoms with van der Waals surface area (Å²) in [6, 6.07) is 10.3. The maximum Gasteiger partial charge on any atom is 0.223 e. The fourth-order valence-corrected chi connectivity index (χ4v) is 3.27. The summed E-state index contributed by atoms with van der Waals surface area (Å²) in [5, 5.41) is 11.9. The molecule has 0 aliphatic carbocycles. The van der Waals surface area contributed by atoms with Gasteiger partial charge in [-0.05, 0) is 63.9 Å². The van der Waals surface area contributed by atoms with Gasteiger partial charge in [0.1, 0.15) is 0 Å². The van der Waals surface area contributed by atoms with Crippen LogP contribution < -0.4 is 5.32 Å². The molecule has 1 aliphatic heterocycles. The van der Waals surface area contributed by atoms with Crippen LogP contribution in [-0.2, 0) is 9.53 Å². The molecule has 25 heavy (non-hydrogen) atoms. The van der Waals surface area contributed by atoms with E-state index in [0.717, 1.165) is 39.0 Å². The number of hydrogen-bond acceptors (Lipinski definition) is 4. The molecule has 1 aromatic carbocycles. The van der Waals surface area contributed by atoms with Crippen molar-refractivity contribution in [1.82, 2.24) is 10.2 Å². The van der Waals surface area contributed by atoms with E-state index in [1.165, 1.54) is 5.56 Å². The summed E-state index contributed by atoms with van der Waals surface area (Å²) in [6.45, 7) is 8.15. The first-order valence-corrected chi connectivity index (χ1v) is 9.25. The van der Waals surface area contributed by atoms with E-state index >= 15 is 0 Å². The van der Waals surface area contributed by atoms with Gasteiger partial charge in [0.2, 0.25) is 5.91 Å². The van der Waals surface area contributed by atoms with Crippen molar-refractivity contribution in [3.05, 3.63) is 35.4 Å². The lowest BCUT2D eigenvalue weighted by atomic mass is 9.93. The largest absolute Gasteiger partial charge is 0.382 e. The molecule has 0 saturated carbocycles. The maximum atomic E-state index is 12.2. The fraction of sp³-hybridized carbons (Fsp3) is 0.600. The molecule has 0 unspecified atom stereocenters. The van der Waals surface area contributed by atoms with Crippen LogP contribution in [-0.4, -0.2) is 43.7 Å². The van der Waals surface area contributed by atoms with Crippen LogP contribution in [0.5, 0.6) is 0 Å². The molecule has 1 N–H and O–H groups in total. The molecular formula is C20H29N3O2. The number of carbonyl (C=O) groups excluding carboxylic acids is 1. The SMILES string of the molecule is CCOCCCNC(=O)C1CCN([C@H](C)c2ccc(C#N)cc2)CC1. The van der Waals surface area contributed by atoms with E-state index in [4.69, 9.17) is 10.00 Å². The van der Waals surface area contributed by atoms with Crippen LogP contribution in [0.2, 0.25) is 0 Å². The quantitative estimate of drug-likeness (QED) is 0.737. The number of nitrogens with one attached hydrogen (secondary N) is 1. The Morgan fingerprint density at radius 2 is 2.04 bits per heavy atom. The first-order valence-electron chi connectivity index (χ1n) is 9.25. The van der Waals surface area contributed by atoms with Crippen LogP contribution >= 0.6 is 0 Å². The Bertz CT molecular complexity index is 572. The zero-order chi connectivity index (χ0) is 18.1. The van der Waals surface area contributed by atoms with Gasteiger partial charge in [-0.15, -0.1) is 0 Å². The van der Waals surface area contributed by atoms with Gasteiger partial charge in [-0.2, -0.15) is 5.26 Å². The van der Waals surface area contributed by atoms with E-state index in [9.17, 15) is 4.79 Å². The molecule has 1 saturated heterocycles. The molecule has 136 valence electrons. The molecule has 1 amide bonds. The Labute approximate surface area is 151 Å². The third kappa shape index (κ3) is 5.84. The van der Waals surface area contributed by atoms with Gasteiger partial charge in [-0.3, -0.25) is 9.69 Å². The number of benzene rings is 1. The molecule has 2 rings (SSSR count). The lowest BCUT2D eigenvalue weighted by Gasteiger charge is -2.35. The van der Waals surface area contributed by atoms with Crippen molar-refractivity contribution in [2.75, 3.05) is 32.8 Å². The summed E-state index contributed by atoms with van der Waals surface area (Å²) >= 11 is 0. The van der Waals surface area contributed by atoms with E-state index in [0.29, 0.717) is 24.8 Å². The molecule has 0 bridgehead atoms. The molecule has 5 nitrogen and oxygen atoms in total. The molecule has 0 spiro atoms. The van der Waals surface area contributed by atoms with Crippen molar-refractivity contribution in [1.29, 1.82) is 5.26 Å². The third-order valence-corrected chi connectivity index (χ3v) is 4.94. The highest BCUT2D eigenvalue weighted by molar-refractivity contribution is 5.78. The predicted octanol–water partition coefficient (Wildman–Crippen LogP) is 2.87. The first-order chi connectivity index (χ1) is 12.2. The molecular weight excluding hydrogens is 314 g/mol.